The Balaban J connectivity index is 1.40. The second-order valence-electron chi connectivity index (χ2n) is 10.2. The molecule has 0 aliphatic heterocycles. The van der Waals surface area contributed by atoms with Crippen LogP contribution in [0, 0.1) is 0 Å². The molecule has 1 aromatic heterocycles. The smallest absolute Gasteiger partial charge is 0.344 e. The molecule has 5 aromatic rings. The number of aliphatic carboxylic acids is 1. The molecule has 2 N–H and O–H groups in total. The number of hydrogen-bond donors (Lipinski definition) is 2. The van der Waals surface area contributed by atoms with E-state index < -0.39 is 12.1 Å². The van der Waals surface area contributed by atoms with E-state index in [1.807, 2.05) is 54.6 Å². The maximum atomic E-state index is 11.2. The van der Waals surface area contributed by atoms with E-state index >= 15 is 0 Å². The van der Waals surface area contributed by atoms with E-state index in [1.54, 1.807) is 12.1 Å². The molecule has 0 saturated carbocycles. The lowest BCUT2D eigenvalue weighted by Crippen LogP contribution is -2.22. The van der Waals surface area contributed by atoms with E-state index in [-0.39, 0.29) is 17.3 Å². The topological polar surface area (TPSA) is 105 Å². The number of allylic oxidation sites excluding steroid dienone is 4. The Labute approximate surface area is 249 Å². The summed E-state index contributed by atoms with van der Waals surface area (Å²) in [5.41, 5.74) is 6.48. The standard InChI is InChI=1S/C36H29N3O4/c1-23(36(41)42)43-30-20-21-31(32(40)22-30)35-38-33(28-16-12-26(13-17-28)24-8-4-2-5-9-24)37-34(39-35)29-18-14-27(15-19-29)25-10-6-3-7-11-25/h2,4-6,8-23,40H,3,7H2,1H3,(H,41,42). The molecule has 1 heterocycles. The van der Waals surface area contributed by atoms with E-state index in [1.165, 1.54) is 18.6 Å². The molecule has 0 amide bonds. The second kappa shape index (κ2) is 12.1. The average molecular weight is 568 g/mol. The maximum absolute atomic E-state index is 11.2. The molecule has 0 radical (unpaired) electrons. The van der Waals surface area contributed by atoms with E-state index in [0.29, 0.717) is 17.2 Å². The van der Waals surface area contributed by atoms with Crippen molar-refractivity contribution in [2.45, 2.75) is 25.9 Å². The molecule has 4 aromatic carbocycles. The highest BCUT2D eigenvalue weighted by Crippen LogP contribution is 2.34. The lowest BCUT2D eigenvalue weighted by Gasteiger charge is -2.13. The van der Waals surface area contributed by atoms with Gasteiger partial charge in [-0.2, -0.15) is 0 Å². The van der Waals surface area contributed by atoms with Crippen LogP contribution in [0.4, 0.5) is 0 Å². The van der Waals surface area contributed by atoms with Crippen LogP contribution in [0.2, 0.25) is 0 Å². The third-order valence-electron chi connectivity index (χ3n) is 7.23. The molecule has 7 nitrogen and oxygen atoms in total. The summed E-state index contributed by atoms with van der Waals surface area (Å²) in [5.74, 6) is 0.194. The number of nitrogens with zero attached hydrogens (tertiary/aromatic N) is 3. The van der Waals surface area contributed by atoms with Crippen LogP contribution in [-0.2, 0) is 4.79 Å². The van der Waals surface area contributed by atoms with Gasteiger partial charge in [-0.3, -0.25) is 0 Å². The molecule has 7 heteroatoms. The van der Waals surface area contributed by atoms with E-state index in [9.17, 15) is 15.0 Å². The molecule has 6 rings (SSSR count). The summed E-state index contributed by atoms with van der Waals surface area (Å²) in [4.78, 5) is 25.5. The fourth-order valence-electron chi connectivity index (χ4n) is 4.86. The van der Waals surface area contributed by atoms with Crippen LogP contribution in [0.1, 0.15) is 25.3 Å². The third kappa shape index (κ3) is 6.21. The number of carboxylic acid groups (broad SMARTS) is 1. The Morgan fingerprint density at radius 2 is 1.30 bits per heavy atom. The van der Waals surface area contributed by atoms with Crippen molar-refractivity contribution in [1.82, 2.24) is 15.0 Å². The van der Waals surface area contributed by atoms with Crippen molar-refractivity contribution >= 4 is 11.5 Å². The fraction of sp³-hybridized carbons (Fsp3) is 0.111. The van der Waals surface area contributed by atoms with Crippen molar-refractivity contribution < 1.29 is 19.7 Å². The van der Waals surface area contributed by atoms with Gasteiger partial charge in [0.25, 0.3) is 0 Å². The highest BCUT2D eigenvalue weighted by Gasteiger charge is 2.18. The monoisotopic (exact) mass is 567 g/mol. The molecular weight excluding hydrogens is 538 g/mol. The second-order valence-corrected chi connectivity index (χ2v) is 10.2. The van der Waals surface area contributed by atoms with Crippen molar-refractivity contribution in [3.05, 3.63) is 121 Å². The number of aromatic nitrogens is 3. The van der Waals surface area contributed by atoms with Gasteiger partial charge in [-0.05, 0) is 54.2 Å². The van der Waals surface area contributed by atoms with Crippen LogP contribution in [0.3, 0.4) is 0 Å². The zero-order valence-corrected chi connectivity index (χ0v) is 23.5. The predicted octanol–water partition coefficient (Wildman–Crippen LogP) is 7.83. The van der Waals surface area contributed by atoms with Gasteiger partial charge in [0.1, 0.15) is 11.5 Å². The van der Waals surface area contributed by atoms with Gasteiger partial charge in [-0.15, -0.1) is 0 Å². The number of aromatic hydroxyl groups is 1. The zero-order chi connectivity index (χ0) is 29.8. The van der Waals surface area contributed by atoms with Gasteiger partial charge in [0.15, 0.2) is 23.6 Å². The van der Waals surface area contributed by atoms with Gasteiger partial charge in [0.05, 0.1) is 5.56 Å². The first kappa shape index (κ1) is 27.6. The zero-order valence-electron chi connectivity index (χ0n) is 23.5. The lowest BCUT2D eigenvalue weighted by atomic mass is 9.98. The first-order chi connectivity index (χ1) is 20.9. The summed E-state index contributed by atoms with van der Waals surface area (Å²) in [5, 5.41) is 20.1. The minimum absolute atomic E-state index is 0.135. The highest BCUT2D eigenvalue weighted by atomic mass is 16.5. The molecule has 1 aliphatic carbocycles. The normalized spacial score (nSPS) is 13.3. The average Bonchev–Trinajstić information content (AvgIpc) is 3.05. The molecule has 0 saturated heterocycles. The molecule has 0 spiro atoms. The van der Waals surface area contributed by atoms with Crippen molar-refractivity contribution in [1.29, 1.82) is 0 Å². The van der Waals surface area contributed by atoms with Gasteiger partial charge in [-0.1, -0.05) is 97.1 Å². The van der Waals surface area contributed by atoms with Gasteiger partial charge in [0, 0.05) is 17.2 Å². The Hall–Kier alpha value is -5.56. The molecule has 43 heavy (non-hydrogen) atoms. The van der Waals surface area contributed by atoms with Crippen LogP contribution in [-0.4, -0.2) is 37.2 Å². The van der Waals surface area contributed by atoms with Gasteiger partial charge in [0.2, 0.25) is 0 Å². The highest BCUT2D eigenvalue weighted by molar-refractivity contribution is 5.77. The predicted molar refractivity (Wildman–Crippen MR) is 167 cm³/mol. The molecule has 0 fully saturated rings. The Morgan fingerprint density at radius 1 is 0.721 bits per heavy atom. The summed E-state index contributed by atoms with van der Waals surface area (Å²) in [7, 11) is 0. The van der Waals surface area contributed by atoms with Crippen LogP contribution >= 0.6 is 0 Å². The fourth-order valence-corrected chi connectivity index (χ4v) is 4.86. The third-order valence-corrected chi connectivity index (χ3v) is 7.23. The molecule has 0 bridgehead atoms. The van der Waals surface area contributed by atoms with E-state index in [0.717, 1.165) is 40.7 Å². The number of carbonyl (C=O) groups is 1. The number of rotatable bonds is 8. The minimum Gasteiger partial charge on any atom is -0.507 e. The summed E-state index contributed by atoms with van der Waals surface area (Å²) < 4.78 is 5.42. The molecule has 1 aliphatic rings. The number of benzene rings is 4. The van der Waals surface area contributed by atoms with Crippen LogP contribution in [0.15, 0.2) is 115 Å². The van der Waals surface area contributed by atoms with Gasteiger partial charge >= 0.3 is 5.97 Å². The maximum Gasteiger partial charge on any atom is 0.344 e. The summed E-state index contributed by atoms with van der Waals surface area (Å²) in [6, 6.07) is 30.8. The van der Waals surface area contributed by atoms with Crippen molar-refractivity contribution in [3.63, 3.8) is 0 Å². The van der Waals surface area contributed by atoms with Gasteiger partial charge in [-0.25, -0.2) is 19.7 Å². The van der Waals surface area contributed by atoms with Crippen molar-refractivity contribution in [3.8, 4) is 56.8 Å². The van der Waals surface area contributed by atoms with Crippen molar-refractivity contribution in [2.75, 3.05) is 0 Å². The number of hydrogen-bond acceptors (Lipinski definition) is 6. The van der Waals surface area contributed by atoms with Crippen molar-refractivity contribution in [2.24, 2.45) is 0 Å². The van der Waals surface area contributed by atoms with E-state index in [2.05, 4.69) is 42.5 Å². The Kier molecular flexibility index (Phi) is 7.78. The quantitative estimate of drug-likeness (QED) is 0.197. The van der Waals surface area contributed by atoms with Crippen LogP contribution in [0.5, 0.6) is 11.5 Å². The van der Waals surface area contributed by atoms with Crippen LogP contribution < -0.4 is 4.74 Å². The Bertz CT molecular complexity index is 1830. The summed E-state index contributed by atoms with van der Waals surface area (Å²) >= 11 is 0. The van der Waals surface area contributed by atoms with Crippen LogP contribution in [0.25, 0.3) is 50.9 Å². The lowest BCUT2D eigenvalue weighted by molar-refractivity contribution is -0.144. The molecular formula is C36H29N3O4. The first-order valence-electron chi connectivity index (χ1n) is 14.1. The van der Waals surface area contributed by atoms with E-state index in [4.69, 9.17) is 19.7 Å². The number of phenolic OH excluding ortho intramolecular Hbond substituents is 1. The largest absolute Gasteiger partial charge is 0.507 e. The molecule has 1 unspecified atom stereocenters. The summed E-state index contributed by atoms with van der Waals surface area (Å²) in [6.07, 6.45) is 7.58. The minimum atomic E-state index is -1.10. The number of phenols is 1. The number of ether oxygens (including phenoxy) is 1. The molecule has 212 valence electrons. The van der Waals surface area contributed by atoms with Gasteiger partial charge < -0.3 is 14.9 Å². The summed E-state index contributed by atoms with van der Waals surface area (Å²) in [6.45, 7) is 1.42. The number of carboxylic acids is 1. The first-order valence-corrected chi connectivity index (χ1v) is 14.1. The molecule has 1 atom stereocenters. The SMILES string of the molecule is CC(Oc1ccc(-c2nc(-c3ccc(C4=CCCC=C4)cc3)nc(-c3ccc(-c4ccccc4)cc3)n2)c(O)c1)C(=O)O. The Morgan fingerprint density at radius 3 is 1.88 bits per heavy atom.